The number of rotatable bonds is 2. The van der Waals surface area contributed by atoms with E-state index in [9.17, 15) is 40.6 Å². The Kier molecular flexibility index (Phi) is 4.04. The number of alkyl halides is 5. The van der Waals surface area contributed by atoms with E-state index in [1.165, 1.54) is 24.3 Å². The summed E-state index contributed by atoms with van der Waals surface area (Å²) in [4.78, 5) is -1.39. The second kappa shape index (κ2) is 5.65. The summed E-state index contributed by atoms with van der Waals surface area (Å²) in [6.07, 6.45) is -3.82. The number of benzene rings is 2. The Morgan fingerprint density at radius 1 is 1.12 bits per heavy atom. The first kappa shape index (κ1) is 18.6. The van der Waals surface area contributed by atoms with Crippen LogP contribution in [-0.4, -0.2) is 30.1 Å². The molecular formula is C16H11F5O4S. The minimum atomic E-state index is -5.93. The molecule has 0 saturated heterocycles. The Bertz CT molecular complexity index is 983. The number of fused-ring (bicyclic) bond motifs is 1. The van der Waals surface area contributed by atoms with Crippen LogP contribution in [0.1, 0.15) is 17.2 Å². The van der Waals surface area contributed by atoms with Crippen molar-refractivity contribution in [2.75, 3.05) is 0 Å². The summed E-state index contributed by atoms with van der Waals surface area (Å²) in [6.45, 7) is 0. The standard InChI is InChI=1S/C16H11F5O4S/c17-15(18)7-11-10(8-2-1-3-9(22)6-8)4-5-12(13(11)14(15)23)26(24,25)16(19,20)21/h1-6,14,22-23H,7H2/t14-/m0/s1. The van der Waals surface area contributed by atoms with Crippen LogP contribution in [-0.2, 0) is 16.3 Å². The molecule has 10 heteroatoms. The van der Waals surface area contributed by atoms with Crippen molar-refractivity contribution in [3.8, 4) is 16.9 Å². The van der Waals surface area contributed by atoms with Crippen molar-refractivity contribution >= 4 is 9.84 Å². The van der Waals surface area contributed by atoms with E-state index in [1.54, 1.807) is 0 Å². The average molecular weight is 394 g/mol. The Balaban J connectivity index is 2.33. The normalized spacial score (nSPS) is 19.4. The van der Waals surface area contributed by atoms with E-state index >= 15 is 0 Å². The fourth-order valence-electron chi connectivity index (χ4n) is 2.98. The number of aliphatic hydroxyl groups is 1. The van der Waals surface area contributed by atoms with E-state index in [4.69, 9.17) is 0 Å². The van der Waals surface area contributed by atoms with Crippen LogP contribution >= 0.6 is 0 Å². The smallest absolute Gasteiger partial charge is 0.501 e. The van der Waals surface area contributed by atoms with Crippen molar-refractivity contribution in [2.45, 2.75) is 28.9 Å². The van der Waals surface area contributed by atoms with Gasteiger partial charge in [-0.1, -0.05) is 18.2 Å². The number of halogens is 5. The quantitative estimate of drug-likeness (QED) is 0.764. The number of aliphatic hydroxyl groups excluding tert-OH is 1. The van der Waals surface area contributed by atoms with Gasteiger partial charge in [0, 0.05) is 12.0 Å². The molecule has 3 rings (SSSR count). The molecule has 1 aliphatic rings. The second-order valence-electron chi connectivity index (χ2n) is 5.84. The van der Waals surface area contributed by atoms with Crippen LogP contribution < -0.4 is 0 Å². The van der Waals surface area contributed by atoms with E-state index < -0.39 is 49.8 Å². The molecule has 0 heterocycles. The molecule has 4 nitrogen and oxygen atoms in total. The zero-order valence-corrected chi connectivity index (χ0v) is 13.6. The van der Waals surface area contributed by atoms with E-state index in [1.807, 2.05) is 0 Å². The van der Waals surface area contributed by atoms with Crippen molar-refractivity contribution in [3.05, 3.63) is 47.5 Å². The van der Waals surface area contributed by atoms with Gasteiger partial charge in [0.1, 0.15) is 11.9 Å². The molecule has 1 atom stereocenters. The zero-order chi connectivity index (χ0) is 19.5. The molecule has 0 aliphatic heterocycles. The molecule has 0 fully saturated rings. The molecule has 0 bridgehead atoms. The van der Waals surface area contributed by atoms with Gasteiger partial charge in [0.25, 0.3) is 15.8 Å². The number of aromatic hydroxyl groups is 1. The number of phenols is 1. The van der Waals surface area contributed by atoms with Crippen LogP contribution in [0.4, 0.5) is 22.0 Å². The first-order valence-corrected chi connectivity index (χ1v) is 8.67. The predicted molar refractivity (Wildman–Crippen MR) is 80.4 cm³/mol. The summed E-state index contributed by atoms with van der Waals surface area (Å²) < 4.78 is 90.2. The summed E-state index contributed by atoms with van der Waals surface area (Å²) >= 11 is 0. The van der Waals surface area contributed by atoms with Crippen LogP contribution in [0.15, 0.2) is 41.3 Å². The first-order valence-electron chi connectivity index (χ1n) is 7.18. The van der Waals surface area contributed by atoms with Crippen molar-refractivity contribution in [2.24, 2.45) is 0 Å². The minimum absolute atomic E-state index is 0.00764. The van der Waals surface area contributed by atoms with Gasteiger partial charge in [-0.15, -0.1) is 0 Å². The predicted octanol–water partition coefficient (Wildman–Crippen LogP) is 3.58. The number of phenolic OH excluding ortho intramolecular Hbond substituents is 1. The topological polar surface area (TPSA) is 74.6 Å². The van der Waals surface area contributed by atoms with Crippen molar-refractivity contribution in [3.63, 3.8) is 0 Å². The average Bonchev–Trinajstić information content (AvgIpc) is 2.75. The molecule has 0 amide bonds. The first-order chi connectivity index (χ1) is 11.9. The van der Waals surface area contributed by atoms with Gasteiger partial charge in [-0.25, -0.2) is 17.2 Å². The lowest BCUT2D eigenvalue weighted by Gasteiger charge is -2.17. The fraction of sp³-hybridized carbons (Fsp3) is 0.250. The van der Waals surface area contributed by atoms with Gasteiger partial charge >= 0.3 is 5.51 Å². The van der Waals surface area contributed by atoms with E-state index in [0.717, 1.165) is 6.07 Å². The third-order valence-corrected chi connectivity index (χ3v) is 5.70. The molecule has 2 aromatic rings. The summed E-state index contributed by atoms with van der Waals surface area (Å²) in [7, 11) is -5.93. The maximum Gasteiger partial charge on any atom is 0.501 e. The molecule has 140 valence electrons. The van der Waals surface area contributed by atoms with Gasteiger partial charge in [-0.05, 0) is 34.9 Å². The van der Waals surface area contributed by atoms with Crippen LogP contribution in [0.5, 0.6) is 5.75 Å². The molecule has 2 aromatic carbocycles. The van der Waals surface area contributed by atoms with Gasteiger partial charge in [0.05, 0.1) is 4.90 Å². The lowest BCUT2D eigenvalue weighted by Crippen LogP contribution is -2.26. The Morgan fingerprint density at radius 3 is 2.35 bits per heavy atom. The molecule has 26 heavy (non-hydrogen) atoms. The monoisotopic (exact) mass is 394 g/mol. The molecule has 0 spiro atoms. The van der Waals surface area contributed by atoms with E-state index in [-0.39, 0.29) is 16.9 Å². The van der Waals surface area contributed by atoms with E-state index in [0.29, 0.717) is 6.07 Å². The molecule has 2 N–H and O–H groups in total. The molecule has 0 aromatic heterocycles. The van der Waals surface area contributed by atoms with Crippen molar-refractivity contribution in [1.29, 1.82) is 0 Å². The largest absolute Gasteiger partial charge is 0.508 e. The third kappa shape index (κ3) is 2.73. The number of hydrogen-bond donors (Lipinski definition) is 2. The maximum atomic E-state index is 14.0. The highest BCUT2D eigenvalue weighted by molar-refractivity contribution is 7.92. The zero-order valence-electron chi connectivity index (χ0n) is 12.8. The highest BCUT2D eigenvalue weighted by Gasteiger charge is 2.54. The highest BCUT2D eigenvalue weighted by Crippen LogP contribution is 2.50. The van der Waals surface area contributed by atoms with Gasteiger partial charge in [-0.2, -0.15) is 13.2 Å². The van der Waals surface area contributed by atoms with Gasteiger partial charge in [-0.3, -0.25) is 0 Å². The summed E-state index contributed by atoms with van der Waals surface area (Å²) in [5.74, 6) is -4.04. The third-order valence-electron chi connectivity index (χ3n) is 4.15. The van der Waals surface area contributed by atoms with Crippen LogP contribution in [0.25, 0.3) is 11.1 Å². The van der Waals surface area contributed by atoms with Gasteiger partial charge in [0.15, 0.2) is 0 Å². The number of hydrogen-bond acceptors (Lipinski definition) is 4. The SMILES string of the molecule is O=S(=O)(c1ccc(-c2cccc(O)c2)c2c1[C@H](O)C(F)(F)C2)C(F)(F)F. The molecular weight excluding hydrogens is 383 g/mol. The van der Waals surface area contributed by atoms with E-state index in [2.05, 4.69) is 0 Å². The van der Waals surface area contributed by atoms with Crippen LogP contribution in [0.2, 0.25) is 0 Å². The summed E-state index contributed by atoms with van der Waals surface area (Å²) in [6, 6.07) is 6.80. The van der Waals surface area contributed by atoms with Gasteiger partial charge in [0.2, 0.25) is 0 Å². The Labute approximate surface area is 144 Å². The molecule has 0 saturated carbocycles. The van der Waals surface area contributed by atoms with Crippen LogP contribution in [0, 0.1) is 0 Å². The summed E-state index contributed by atoms with van der Waals surface area (Å²) in [5.41, 5.74) is -6.87. The van der Waals surface area contributed by atoms with Crippen molar-refractivity contribution in [1.82, 2.24) is 0 Å². The lowest BCUT2D eigenvalue weighted by atomic mass is 9.96. The fourth-order valence-corrected chi connectivity index (χ4v) is 4.00. The molecule has 0 radical (unpaired) electrons. The Morgan fingerprint density at radius 2 is 1.77 bits per heavy atom. The summed E-state index contributed by atoms with van der Waals surface area (Å²) in [5, 5.41) is 19.3. The molecule has 0 unspecified atom stereocenters. The van der Waals surface area contributed by atoms with Crippen molar-refractivity contribution < 1.29 is 40.6 Å². The number of sulfone groups is 1. The lowest BCUT2D eigenvalue weighted by molar-refractivity contribution is -0.0977. The second-order valence-corrected chi connectivity index (χ2v) is 7.75. The molecule has 1 aliphatic carbocycles. The van der Waals surface area contributed by atoms with Crippen LogP contribution in [0.3, 0.4) is 0 Å². The Hall–Kier alpha value is -2.20. The minimum Gasteiger partial charge on any atom is -0.508 e. The highest BCUT2D eigenvalue weighted by atomic mass is 32.2. The van der Waals surface area contributed by atoms with Gasteiger partial charge < -0.3 is 10.2 Å². The maximum absolute atomic E-state index is 14.0.